The Labute approximate surface area is 182 Å². The zero-order valence-electron chi connectivity index (χ0n) is 17.3. The summed E-state index contributed by atoms with van der Waals surface area (Å²) < 4.78 is 1.97. The summed E-state index contributed by atoms with van der Waals surface area (Å²) in [4.78, 5) is 31.3. The van der Waals surface area contributed by atoms with Gasteiger partial charge >= 0.3 is 0 Å². The van der Waals surface area contributed by atoms with Gasteiger partial charge in [-0.15, -0.1) is 0 Å². The van der Waals surface area contributed by atoms with Crippen molar-refractivity contribution in [2.24, 2.45) is 7.05 Å². The number of carbonyl (C=O) groups is 1. The largest absolute Gasteiger partial charge is 0.343 e. The highest BCUT2D eigenvalue weighted by molar-refractivity contribution is 7.21. The van der Waals surface area contributed by atoms with Gasteiger partial charge in [-0.25, -0.2) is 15.0 Å². The number of amides is 1. The van der Waals surface area contributed by atoms with Gasteiger partial charge in [-0.2, -0.15) is 0 Å². The summed E-state index contributed by atoms with van der Waals surface area (Å²) in [5.41, 5.74) is 4.66. The van der Waals surface area contributed by atoms with Gasteiger partial charge < -0.3 is 9.88 Å². The third-order valence-corrected chi connectivity index (χ3v) is 6.32. The Balaban J connectivity index is 1.50. The summed E-state index contributed by atoms with van der Waals surface area (Å²) >= 11 is 1.55. The van der Waals surface area contributed by atoms with Crippen LogP contribution in [0.25, 0.3) is 32.0 Å². The van der Waals surface area contributed by atoms with Crippen LogP contribution in [-0.4, -0.2) is 30.4 Å². The number of carbonyl (C=O) groups excluding carboxylic acids is 1. The smallest absolute Gasteiger partial charge is 0.252 e. The van der Waals surface area contributed by atoms with Crippen LogP contribution >= 0.6 is 11.3 Å². The van der Waals surface area contributed by atoms with Crippen LogP contribution in [0.2, 0.25) is 0 Å². The van der Waals surface area contributed by atoms with E-state index in [9.17, 15) is 4.79 Å². The van der Waals surface area contributed by atoms with E-state index in [2.05, 4.69) is 26.3 Å². The Kier molecular flexibility index (Phi) is 4.51. The summed E-state index contributed by atoms with van der Waals surface area (Å²) in [6.45, 7) is 3.98. The van der Waals surface area contributed by atoms with E-state index in [1.165, 1.54) is 0 Å². The Morgan fingerprint density at radius 2 is 1.94 bits per heavy atom. The van der Waals surface area contributed by atoms with Gasteiger partial charge in [-0.3, -0.25) is 9.78 Å². The van der Waals surface area contributed by atoms with Crippen LogP contribution in [0.5, 0.6) is 0 Å². The van der Waals surface area contributed by atoms with Crippen LogP contribution < -0.4 is 5.32 Å². The van der Waals surface area contributed by atoms with E-state index in [1.807, 2.05) is 43.7 Å². The fourth-order valence-corrected chi connectivity index (χ4v) is 4.51. The van der Waals surface area contributed by atoms with Crippen molar-refractivity contribution in [3.63, 3.8) is 0 Å². The second-order valence-corrected chi connectivity index (χ2v) is 8.89. The maximum atomic E-state index is 12.7. The molecule has 0 spiro atoms. The highest BCUT2D eigenvalue weighted by Gasteiger charge is 2.24. The summed E-state index contributed by atoms with van der Waals surface area (Å²) in [6.07, 6.45) is 6.79. The molecule has 0 atom stereocenters. The molecule has 8 heteroatoms. The Morgan fingerprint density at radius 1 is 1.13 bits per heavy atom. The van der Waals surface area contributed by atoms with Crippen LogP contribution in [0.3, 0.4) is 0 Å². The Bertz CT molecular complexity index is 1420. The number of rotatable bonds is 4. The lowest BCUT2D eigenvalue weighted by Gasteiger charge is -2.27. The lowest BCUT2D eigenvalue weighted by Crippen LogP contribution is -2.41. The zero-order valence-corrected chi connectivity index (χ0v) is 18.1. The highest BCUT2D eigenvalue weighted by atomic mass is 32.1. The number of fused-ring (bicyclic) bond motifs is 3. The molecule has 4 heterocycles. The minimum Gasteiger partial charge on any atom is -0.343 e. The van der Waals surface area contributed by atoms with Gasteiger partial charge in [-0.1, -0.05) is 29.5 Å². The van der Waals surface area contributed by atoms with Crippen LogP contribution in [-0.2, 0) is 12.6 Å². The fraction of sp³-hybridized carbons (Fsp3) is 0.174. The van der Waals surface area contributed by atoms with Crippen molar-refractivity contribution in [2.45, 2.75) is 19.4 Å². The second kappa shape index (κ2) is 7.24. The summed E-state index contributed by atoms with van der Waals surface area (Å²) in [5.74, 6) is -0.138. The van der Waals surface area contributed by atoms with E-state index in [-0.39, 0.29) is 5.91 Å². The van der Waals surface area contributed by atoms with Crippen molar-refractivity contribution >= 4 is 38.6 Å². The number of pyridine rings is 2. The second-order valence-electron chi connectivity index (χ2n) is 7.92. The number of aryl methyl sites for hydroxylation is 1. The number of benzene rings is 1. The molecule has 0 aliphatic rings. The molecule has 1 amide bonds. The fourth-order valence-electron chi connectivity index (χ4n) is 3.60. The predicted octanol–water partition coefficient (Wildman–Crippen LogP) is 4.31. The lowest BCUT2D eigenvalue weighted by atomic mass is 9.92. The van der Waals surface area contributed by atoms with E-state index in [0.717, 1.165) is 37.5 Å². The lowest BCUT2D eigenvalue weighted by molar-refractivity contribution is 0.0912. The van der Waals surface area contributed by atoms with Crippen molar-refractivity contribution in [3.8, 4) is 10.6 Å². The van der Waals surface area contributed by atoms with Gasteiger partial charge in [0, 0.05) is 30.6 Å². The first kappa shape index (κ1) is 19.3. The summed E-state index contributed by atoms with van der Waals surface area (Å²) in [7, 11) is 1.96. The van der Waals surface area contributed by atoms with Crippen molar-refractivity contribution in [1.82, 2.24) is 29.8 Å². The van der Waals surface area contributed by atoms with Gasteiger partial charge in [0.25, 0.3) is 5.91 Å². The average Bonchev–Trinajstić information content (AvgIpc) is 3.37. The van der Waals surface area contributed by atoms with Gasteiger partial charge in [0.1, 0.15) is 20.9 Å². The van der Waals surface area contributed by atoms with E-state index in [1.54, 1.807) is 48.4 Å². The molecule has 1 aromatic carbocycles. The number of hydrogen-bond acceptors (Lipinski definition) is 6. The normalized spacial score (nSPS) is 11.8. The molecule has 0 aliphatic heterocycles. The molecule has 1 N–H and O–H groups in total. The zero-order chi connectivity index (χ0) is 21.6. The van der Waals surface area contributed by atoms with Crippen molar-refractivity contribution in [1.29, 1.82) is 0 Å². The number of hydrogen-bond donors (Lipinski definition) is 1. The van der Waals surface area contributed by atoms with Crippen molar-refractivity contribution < 1.29 is 4.79 Å². The highest BCUT2D eigenvalue weighted by Crippen LogP contribution is 2.34. The number of nitrogens with one attached hydrogen (secondary N) is 1. The molecule has 7 nitrogen and oxygen atoms in total. The molecule has 0 bridgehead atoms. The van der Waals surface area contributed by atoms with E-state index >= 15 is 0 Å². The molecular formula is C23H20N6OS. The Morgan fingerprint density at radius 3 is 2.74 bits per heavy atom. The topological polar surface area (TPSA) is 85.6 Å². The molecule has 0 radical (unpaired) electrons. The van der Waals surface area contributed by atoms with Crippen molar-refractivity contribution in [3.05, 3.63) is 72.4 Å². The van der Waals surface area contributed by atoms with Crippen LogP contribution in [0, 0.1) is 0 Å². The van der Waals surface area contributed by atoms with E-state index in [0.29, 0.717) is 5.56 Å². The molecule has 154 valence electrons. The standard InChI is InChI=1S/C23H20N6OS/c1-23(2,28-20(30)14-7-9-24-10-8-14)16-6-4-5-15(11-16)21-27-18-19-17(26-13-29(19)3)12-25-22(18)31-21/h4-13H,1-3H3,(H,28,30). The maximum absolute atomic E-state index is 12.7. The number of imidazole rings is 1. The molecule has 0 unspecified atom stereocenters. The molecule has 0 aliphatic carbocycles. The van der Waals surface area contributed by atoms with Gasteiger partial charge in [0.05, 0.1) is 23.6 Å². The van der Waals surface area contributed by atoms with Crippen LogP contribution in [0.15, 0.2) is 61.3 Å². The minimum absolute atomic E-state index is 0.138. The molecule has 5 aromatic rings. The number of thiazole rings is 1. The third-order valence-electron chi connectivity index (χ3n) is 5.30. The predicted molar refractivity (Wildman–Crippen MR) is 122 cm³/mol. The maximum Gasteiger partial charge on any atom is 0.252 e. The molecule has 4 aromatic heterocycles. The first-order valence-electron chi connectivity index (χ1n) is 9.82. The summed E-state index contributed by atoms with van der Waals surface area (Å²) in [6, 6.07) is 11.5. The first-order valence-corrected chi connectivity index (χ1v) is 10.6. The molecule has 0 fully saturated rings. The van der Waals surface area contributed by atoms with Crippen LogP contribution in [0.4, 0.5) is 0 Å². The Hall–Kier alpha value is -3.65. The molecular weight excluding hydrogens is 408 g/mol. The van der Waals surface area contributed by atoms with Crippen LogP contribution in [0.1, 0.15) is 29.8 Å². The van der Waals surface area contributed by atoms with E-state index < -0.39 is 5.54 Å². The van der Waals surface area contributed by atoms with E-state index in [4.69, 9.17) is 4.98 Å². The molecule has 0 saturated carbocycles. The third kappa shape index (κ3) is 3.44. The molecule has 5 rings (SSSR count). The van der Waals surface area contributed by atoms with Crippen molar-refractivity contribution in [2.75, 3.05) is 0 Å². The summed E-state index contributed by atoms with van der Waals surface area (Å²) in [5, 5.41) is 4.00. The minimum atomic E-state index is -0.569. The number of nitrogens with zero attached hydrogens (tertiary/aromatic N) is 5. The van der Waals surface area contributed by atoms with Gasteiger partial charge in [-0.05, 0) is 37.6 Å². The average molecular weight is 429 g/mol. The molecule has 31 heavy (non-hydrogen) atoms. The number of aromatic nitrogens is 5. The first-order chi connectivity index (χ1) is 14.9. The monoisotopic (exact) mass is 428 g/mol. The van der Waals surface area contributed by atoms with Gasteiger partial charge in [0.15, 0.2) is 0 Å². The SMILES string of the molecule is Cn1cnc2cnc3sc(-c4cccc(C(C)(C)NC(=O)c5ccncc5)c4)nc3c21. The quantitative estimate of drug-likeness (QED) is 0.461. The van der Waals surface area contributed by atoms with Gasteiger partial charge in [0.2, 0.25) is 0 Å². The molecule has 0 saturated heterocycles.